The molecular formula is C55H84N2OSi2. The van der Waals surface area contributed by atoms with E-state index in [9.17, 15) is 0 Å². The maximum Gasteiger partial charge on any atom is 0.183 e. The topological polar surface area (TPSA) is 33.3 Å². The Hall–Kier alpha value is -3.29. The van der Waals surface area contributed by atoms with Crippen LogP contribution in [0.25, 0.3) is 0 Å². The van der Waals surface area contributed by atoms with Crippen LogP contribution in [-0.2, 0) is 37.9 Å². The van der Waals surface area contributed by atoms with Crippen LogP contribution in [0, 0.1) is 0 Å². The van der Waals surface area contributed by atoms with Crippen LogP contribution in [-0.4, -0.2) is 16.5 Å². The van der Waals surface area contributed by atoms with E-state index < -0.39 is 16.5 Å². The van der Waals surface area contributed by atoms with E-state index >= 15 is 0 Å². The van der Waals surface area contributed by atoms with Gasteiger partial charge in [0.15, 0.2) is 16.5 Å². The first kappa shape index (κ1) is 47.8. The molecule has 60 heavy (non-hydrogen) atoms. The van der Waals surface area contributed by atoms with Gasteiger partial charge in [-0.25, -0.2) is 0 Å². The van der Waals surface area contributed by atoms with E-state index in [-0.39, 0.29) is 37.9 Å². The van der Waals surface area contributed by atoms with Crippen molar-refractivity contribution in [2.24, 2.45) is 0 Å². The zero-order valence-electron chi connectivity index (χ0n) is 42.7. The third-order valence-electron chi connectivity index (χ3n) is 13.1. The van der Waals surface area contributed by atoms with Crippen LogP contribution in [0.4, 0.5) is 11.4 Å². The van der Waals surface area contributed by atoms with Crippen molar-refractivity contribution in [3.8, 4) is 11.5 Å². The van der Waals surface area contributed by atoms with E-state index in [2.05, 4.69) is 235 Å². The Balaban J connectivity index is 1.78. The first-order chi connectivity index (χ1) is 26.7. The maximum atomic E-state index is 7.66. The molecule has 0 amide bonds. The highest BCUT2D eigenvalue weighted by molar-refractivity contribution is 6.93. The van der Waals surface area contributed by atoms with Crippen molar-refractivity contribution in [3.05, 3.63) is 105 Å². The van der Waals surface area contributed by atoms with Gasteiger partial charge in [0, 0.05) is 38.3 Å². The highest BCUT2D eigenvalue weighted by Gasteiger charge is 2.44. The molecule has 0 bridgehead atoms. The van der Waals surface area contributed by atoms with Crippen molar-refractivity contribution >= 4 is 38.2 Å². The summed E-state index contributed by atoms with van der Waals surface area (Å²) in [7, 11) is -4.90. The summed E-state index contributed by atoms with van der Waals surface area (Å²) >= 11 is 0. The molecule has 1 aliphatic heterocycles. The number of benzene rings is 4. The molecule has 2 N–H and O–H groups in total. The second-order valence-corrected chi connectivity index (χ2v) is 34.2. The van der Waals surface area contributed by atoms with Gasteiger partial charge in [0.1, 0.15) is 11.5 Å². The Bertz CT molecular complexity index is 2040. The van der Waals surface area contributed by atoms with Crippen LogP contribution in [0.1, 0.15) is 183 Å². The molecule has 4 aromatic rings. The van der Waals surface area contributed by atoms with Gasteiger partial charge in [-0.05, 0) is 116 Å². The lowest BCUT2D eigenvalue weighted by Gasteiger charge is -2.42. The number of anilines is 2. The average Bonchev–Trinajstić information content (AvgIpc) is 3.04. The zero-order chi connectivity index (χ0) is 45.8. The number of nitrogens with one attached hydrogen (secondary N) is 2. The Morgan fingerprint density at radius 2 is 0.600 bits per heavy atom. The Labute approximate surface area is 370 Å². The Kier molecular flexibility index (Phi) is 11.9. The number of rotatable bonds is 6. The first-order valence-corrected chi connectivity index (χ1v) is 28.7. The minimum atomic E-state index is -2.45. The summed E-state index contributed by atoms with van der Waals surface area (Å²) in [5.74, 6) is 2.10. The minimum absolute atomic E-state index is 0.0287. The summed E-state index contributed by atoms with van der Waals surface area (Å²) < 4.78 is 7.66. The van der Waals surface area contributed by atoms with E-state index in [0.717, 1.165) is 11.5 Å². The maximum absolute atomic E-state index is 7.66. The van der Waals surface area contributed by atoms with Gasteiger partial charge in [-0.2, -0.15) is 0 Å². The molecule has 4 aromatic carbocycles. The smallest absolute Gasteiger partial charge is 0.183 e. The summed E-state index contributed by atoms with van der Waals surface area (Å²) in [6.45, 7) is 56.8. The number of ether oxygens (including phenoxy) is 1. The molecule has 3 nitrogen and oxygen atoms in total. The fourth-order valence-corrected chi connectivity index (χ4v) is 13.0. The second-order valence-electron chi connectivity index (χ2n) is 26.1. The van der Waals surface area contributed by atoms with Gasteiger partial charge in [0.2, 0.25) is 0 Å². The molecule has 0 fully saturated rings. The SMILES string of the molecule is CC(C)(C)c1cc(N[Si](C)(C)c2cc(C(C)(C)C)cc3c2Oc2c(cc(C(C)(C)C)cc2[Si](C)(C)Nc2cc(C(C)(C)C)cc(C(C)(C)C)c2)C3(C)C)cc(C(C)(C)C)c1. The third-order valence-corrected chi connectivity index (χ3v) is 18.3. The molecule has 1 aliphatic rings. The molecule has 0 saturated heterocycles. The third kappa shape index (κ3) is 9.83. The molecular weight excluding hydrogens is 761 g/mol. The van der Waals surface area contributed by atoms with Gasteiger partial charge < -0.3 is 14.7 Å². The summed E-state index contributed by atoms with van der Waals surface area (Å²) in [4.78, 5) is 8.47. The second kappa shape index (κ2) is 14.9. The van der Waals surface area contributed by atoms with Gasteiger partial charge in [0.25, 0.3) is 0 Å². The van der Waals surface area contributed by atoms with Crippen molar-refractivity contribution in [1.29, 1.82) is 0 Å². The van der Waals surface area contributed by atoms with Crippen molar-refractivity contribution < 1.29 is 4.74 Å². The van der Waals surface area contributed by atoms with Crippen LogP contribution in [0.2, 0.25) is 26.2 Å². The summed E-state index contributed by atoms with van der Waals surface area (Å²) in [6.07, 6.45) is 0. The van der Waals surface area contributed by atoms with E-state index in [4.69, 9.17) is 4.74 Å². The number of fused-ring (bicyclic) bond motifs is 2. The van der Waals surface area contributed by atoms with Crippen LogP contribution in [0.15, 0.2) is 60.7 Å². The molecule has 5 rings (SSSR count). The lowest BCUT2D eigenvalue weighted by Crippen LogP contribution is -2.53. The van der Waals surface area contributed by atoms with Crippen LogP contribution >= 0.6 is 0 Å². The monoisotopic (exact) mass is 845 g/mol. The van der Waals surface area contributed by atoms with Crippen molar-refractivity contribution in [1.82, 2.24) is 0 Å². The highest BCUT2D eigenvalue weighted by atomic mass is 28.3. The van der Waals surface area contributed by atoms with E-state index in [1.54, 1.807) is 0 Å². The Morgan fingerprint density at radius 1 is 0.367 bits per heavy atom. The fraction of sp³-hybridized carbons (Fsp3) is 0.564. The Morgan fingerprint density at radius 3 is 0.833 bits per heavy atom. The van der Waals surface area contributed by atoms with Gasteiger partial charge in [-0.15, -0.1) is 0 Å². The molecule has 0 aromatic heterocycles. The minimum Gasteiger partial charge on any atom is -0.457 e. The molecule has 0 atom stereocenters. The lowest BCUT2D eigenvalue weighted by molar-refractivity contribution is 0.421. The summed E-state index contributed by atoms with van der Waals surface area (Å²) in [6, 6.07) is 24.4. The first-order valence-electron chi connectivity index (χ1n) is 22.7. The lowest BCUT2D eigenvalue weighted by atomic mass is 9.72. The summed E-state index contributed by atoms with van der Waals surface area (Å²) in [5.41, 5.74) is 12.9. The standard InChI is InChI=1S/C55H84N2OSi2/c1-49(2,3)35-25-36(50(4,5)6)28-41(27-35)56-59(21,22)45-33-39(53(13,14)15)31-43-47(45)58-48-44(55(43,19)20)32-40(54(16,17)18)34-46(48)60(23,24)57-42-29-37(51(7,8)9)26-38(30-42)52(10,11)12/h25-34,56-57H,1-24H3. The van der Waals surface area contributed by atoms with Gasteiger partial charge in [-0.1, -0.05) is 175 Å². The van der Waals surface area contributed by atoms with Gasteiger partial charge in [-0.3, -0.25) is 0 Å². The van der Waals surface area contributed by atoms with Crippen LogP contribution < -0.4 is 25.1 Å². The van der Waals surface area contributed by atoms with Crippen LogP contribution in [0.3, 0.4) is 0 Å². The molecule has 0 aliphatic carbocycles. The predicted octanol–water partition coefficient (Wildman–Crippen LogP) is 15.0. The molecule has 0 saturated carbocycles. The largest absolute Gasteiger partial charge is 0.457 e. The van der Waals surface area contributed by atoms with E-state index in [1.165, 1.54) is 66.3 Å². The number of hydrogen-bond acceptors (Lipinski definition) is 3. The molecule has 0 spiro atoms. The van der Waals surface area contributed by atoms with Crippen LogP contribution in [0.5, 0.6) is 11.5 Å². The van der Waals surface area contributed by atoms with Gasteiger partial charge >= 0.3 is 0 Å². The molecule has 1 heterocycles. The van der Waals surface area contributed by atoms with Crippen molar-refractivity contribution in [3.63, 3.8) is 0 Å². The predicted molar refractivity (Wildman–Crippen MR) is 272 cm³/mol. The molecule has 0 radical (unpaired) electrons. The average molecular weight is 845 g/mol. The normalized spacial score (nSPS) is 15.3. The van der Waals surface area contributed by atoms with E-state index in [0.29, 0.717) is 0 Å². The number of hydrogen-bond donors (Lipinski definition) is 2. The quantitative estimate of drug-likeness (QED) is 0.190. The molecule has 5 heteroatoms. The van der Waals surface area contributed by atoms with E-state index in [1.807, 2.05) is 0 Å². The molecule has 328 valence electrons. The van der Waals surface area contributed by atoms with Crippen molar-refractivity contribution in [2.75, 3.05) is 9.96 Å². The fourth-order valence-electron chi connectivity index (χ4n) is 8.44. The summed E-state index contributed by atoms with van der Waals surface area (Å²) in [5, 5.41) is 2.65. The zero-order valence-corrected chi connectivity index (χ0v) is 44.7. The molecule has 0 unspecified atom stereocenters. The van der Waals surface area contributed by atoms with Crippen molar-refractivity contribution in [2.45, 2.75) is 203 Å². The highest BCUT2D eigenvalue weighted by Crippen LogP contribution is 2.50. The van der Waals surface area contributed by atoms with Gasteiger partial charge in [0.05, 0.1) is 0 Å².